The lowest BCUT2D eigenvalue weighted by Gasteiger charge is -2.50. The molecule has 21 nitrogen and oxygen atoms in total. The molecule has 65 heavy (non-hydrogen) atoms. The van der Waals surface area contributed by atoms with Crippen LogP contribution in [-0.4, -0.2) is 154 Å². The van der Waals surface area contributed by atoms with Gasteiger partial charge in [0.1, 0.15) is 37.6 Å². The predicted octanol–water partition coefficient (Wildman–Crippen LogP) is 2.00. The molecule has 1 aliphatic carbocycles. The van der Waals surface area contributed by atoms with Gasteiger partial charge in [-0.15, -0.1) is 0 Å². The first-order valence-electron chi connectivity index (χ1n) is 21.0. The lowest BCUT2D eigenvalue weighted by atomic mass is 9.75. The smallest absolute Gasteiger partial charge is 0.465 e. The van der Waals surface area contributed by atoms with Gasteiger partial charge in [-0.2, -0.15) is 13.2 Å². The first-order chi connectivity index (χ1) is 30.3. The van der Waals surface area contributed by atoms with Crippen LogP contribution in [0.2, 0.25) is 0 Å². The third-order valence-corrected chi connectivity index (χ3v) is 10.7. The number of ether oxygens (including phenoxy) is 12. The number of nitrogens with one attached hydrogen (secondary N) is 1. The number of alkyl halides is 3. The third-order valence-electron chi connectivity index (χ3n) is 10.7. The molecule has 24 heteroatoms. The number of carbonyl (C=O) groups excluding carboxylic acids is 8. The molecule has 1 saturated carbocycles. The number of esters is 7. The molecule has 15 atom stereocenters. The van der Waals surface area contributed by atoms with E-state index in [-0.39, 0.29) is 26.1 Å². The molecule has 0 aromatic rings. The zero-order valence-corrected chi connectivity index (χ0v) is 37.9. The first-order valence-corrected chi connectivity index (χ1v) is 21.0. The van der Waals surface area contributed by atoms with E-state index in [2.05, 4.69) is 0 Å². The molecule has 3 aliphatic rings. The summed E-state index contributed by atoms with van der Waals surface area (Å²) in [6.45, 7) is 11.1. The van der Waals surface area contributed by atoms with Gasteiger partial charge in [-0.25, -0.2) is 0 Å². The fraction of sp³-hybridized carbons (Fsp3) is 0.805. The van der Waals surface area contributed by atoms with Crippen molar-refractivity contribution in [2.45, 2.75) is 156 Å². The van der Waals surface area contributed by atoms with Crippen LogP contribution in [0.1, 0.15) is 82.1 Å². The monoisotopic (exact) mass is 943 g/mol. The molecule has 370 valence electrons. The number of halogens is 3. The van der Waals surface area contributed by atoms with E-state index in [0.717, 1.165) is 27.7 Å². The highest BCUT2D eigenvalue weighted by molar-refractivity contribution is 5.81. The molecule has 0 radical (unpaired) electrons. The second-order valence-electron chi connectivity index (χ2n) is 16.1. The molecule has 2 aliphatic heterocycles. The van der Waals surface area contributed by atoms with Crippen LogP contribution in [0.3, 0.4) is 0 Å². The van der Waals surface area contributed by atoms with E-state index >= 15 is 0 Å². The zero-order valence-electron chi connectivity index (χ0n) is 37.9. The minimum atomic E-state index is -5.10. The van der Waals surface area contributed by atoms with Crippen LogP contribution in [0.25, 0.3) is 0 Å². The van der Waals surface area contributed by atoms with Gasteiger partial charge in [0, 0.05) is 78.7 Å². The Morgan fingerprint density at radius 1 is 0.538 bits per heavy atom. The highest BCUT2D eigenvalue weighted by Crippen LogP contribution is 2.41. The lowest BCUT2D eigenvalue weighted by molar-refractivity contribution is -0.354. The van der Waals surface area contributed by atoms with E-state index in [1.54, 1.807) is 26.1 Å². The second-order valence-corrected chi connectivity index (χ2v) is 16.1. The Kier molecular flexibility index (Phi) is 20.8. The SMILES string of the molecule is CC(=O)OCC1C[C@H](O[C@H]2C(COC(C)=O)O[C@@H](O[C@H]3C(C)C(OC(C)=O)[C@H](OCCCNC(=O)C(F)(F)F)O[C@H]3COC(C)=O)C(OC(C)=O)[C@H]2C)C(OC(C)=O)[C@@H](C)[C@H]1OC(C)=O. The third kappa shape index (κ3) is 16.6. The summed E-state index contributed by atoms with van der Waals surface area (Å²) in [4.78, 5) is 97.1. The molecular formula is C41H60F3NO20. The van der Waals surface area contributed by atoms with E-state index < -0.39 is 165 Å². The van der Waals surface area contributed by atoms with Gasteiger partial charge in [-0.1, -0.05) is 20.8 Å². The van der Waals surface area contributed by atoms with E-state index in [4.69, 9.17) is 56.8 Å². The average molecular weight is 944 g/mol. The van der Waals surface area contributed by atoms with Crippen molar-refractivity contribution < 1.29 is 108 Å². The Labute approximate surface area is 373 Å². The van der Waals surface area contributed by atoms with Gasteiger partial charge in [-0.3, -0.25) is 38.4 Å². The summed E-state index contributed by atoms with van der Waals surface area (Å²) in [6, 6.07) is 0. The quantitative estimate of drug-likeness (QED) is 0.110. The summed E-state index contributed by atoms with van der Waals surface area (Å²) in [6.07, 6.45) is -18.4. The van der Waals surface area contributed by atoms with Crippen LogP contribution in [0.15, 0.2) is 0 Å². The second kappa shape index (κ2) is 24.8. The standard InChI is InChI=1S/C41H60F3NO20/c1-18-32(58-24(7)49)28(15-55-21(4)46)14-29(33(18)59-25(8)50)62-34-19(2)37(61-27(10)52)39(64-30(34)16-56-22(5)47)65-35-20(3)36(60-26(9)51)38(63-31(35)17-57-23(6)48)54-13-11-12-45-40(53)41(42,43)44/h18-20,28-39H,11-17H2,1-10H3,(H,45,53)/t18-,19-,20?,28?,29-,30?,31-,32+,33?,34+,35-,36?,37?,38+,39-/m0/s1. The van der Waals surface area contributed by atoms with Crippen LogP contribution < -0.4 is 5.32 Å². The molecule has 3 rings (SSSR count). The van der Waals surface area contributed by atoms with E-state index in [1.165, 1.54) is 20.8 Å². The molecule has 2 saturated heterocycles. The van der Waals surface area contributed by atoms with Crippen LogP contribution in [0.5, 0.6) is 0 Å². The minimum absolute atomic E-state index is 0.00685. The molecule has 1 amide bonds. The molecule has 0 bridgehead atoms. The van der Waals surface area contributed by atoms with Crippen molar-refractivity contribution in [2.75, 3.05) is 33.0 Å². The van der Waals surface area contributed by atoms with E-state index in [9.17, 15) is 51.5 Å². The van der Waals surface area contributed by atoms with Crippen molar-refractivity contribution in [3.63, 3.8) is 0 Å². The van der Waals surface area contributed by atoms with Crippen molar-refractivity contribution in [2.24, 2.45) is 23.7 Å². The number of hydrogen-bond acceptors (Lipinski definition) is 20. The molecule has 1 N–H and O–H groups in total. The molecular weight excluding hydrogens is 883 g/mol. The van der Waals surface area contributed by atoms with Crippen LogP contribution in [-0.2, 0) is 95.2 Å². The van der Waals surface area contributed by atoms with Crippen molar-refractivity contribution in [3.8, 4) is 0 Å². The van der Waals surface area contributed by atoms with Gasteiger partial charge in [0.25, 0.3) is 0 Å². The Hall–Kier alpha value is -4.65. The van der Waals surface area contributed by atoms with Crippen molar-refractivity contribution >= 4 is 47.7 Å². The van der Waals surface area contributed by atoms with E-state index in [1.807, 2.05) is 0 Å². The molecule has 6 unspecified atom stereocenters. The molecule has 2 heterocycles. The van der Waals surface area contributed by atoms with Gasteiger partial charge in [0.15, 0.2) is 24.8 Å². The number of amides is 1. The van der Waals surface area contributed by atoms with Crippen molar-refractivity contribution in [3.05, 3.63) is 0 Å². The summed E-state index contributed by atoms with van der Waals surface area (Å²) in [5.74, 6) is -10.2. The summed E-state index contributed by atoms with van der Waals surface area (Å²) in [7, 11) is 0. The number of hydrogen-bond donors (Lipinski definition) is 1. The minimum Gasteiger partial charge on any atom is -0.465 e. The Balaban J connectivity index is 2.01. The lowest BCUT2D eigenvalue weighted by Crippen LogP contribution is -2.63. The topological polar surface area (TPSA) is 259 Å². The molecule has 0 aromatic heterocycles. The maximum Gasteiger partial charge on any atom is 0.471 e. The predicted molar refractivity (Wildman–Crippen MR) is 208 cm³/mol. The van der Waals surface area contributed by atoms with E-state index in [0.29, 0.717) is 0 Å². The number of rotatable bonds is 19. The highest BCUT2D eigenvalue weighted by Gasteiger charge is 2.55. The van der Waals surface area contributed by atoms with Crippen LogP contribution in [0.4, 0.5) is 13.2 Å². The Bertz CT molecular complexity index is 1670. The Morgan fingerprint density at radius 2 is 0.954 bits per heavy atom. The first kappa shape index (κ1) is 54.7. The van der Waals surface area contributed by atoms with Crippen molar-refractivity contribution in [1.82, 2.24) is 5.32 Å². The maximum atomic E-state index is 12.7. The van der Waals surface area contributed by atoms with Gasteiger partial charge >= 0.3 is 53.9 Å². The molecule has 3 fully saturated rings. The Morgan fingerprint density at radius 3 is 1.43 bits per heavy atom. The summed E-state index contributed by atoms with van der Waals surface area (Å²) in [5, 5.41) is 1.72. The maximum absolute atomic E-state index is 12.7. The average Bonchev–Trinajstić information content (AvgIpc) is 3.18. The molecule has 0 aromatic carbocycles. The number of carbonyl (C=O) groups is 8. The zero-order chi connectivity index (χ0) is 48.9. The summed E-state index contributed by atoms with van der Waals surface area (Å²) >= 11 is 0. The fourth-order valence-corrected chi connectivity index (χ4v) is 7.99. The highest BCUT2D eigenvalue weighted by atomic mass is 19.4. The summed E-state index contributed by atoms with van der Waals surface area (Å²) < 4.78 is 108. The van der Waals surface area contributed by atoms with Crippen LogP contribution >= 0.6 is 0 Å². The van der Waals surface area contributed by atoms with Crippen molar-refractivity contribution in [1.29, 1.82) is 0 Å². The van der Waals surface area contributed by atoms with Crippen LogP contribution in [0, 0.1) is 23.7 Å². The largest absolute Gasteiger partial charge is 0.471 e. The molecule has 0 spiro atoms. The van der Waals surface area contributed by atoms with Gasteiger partial charge in [-0.05, 0) is 12.8 Å². The van der Waals surface area contributed by atoms with Gasteiger partial charge < -0.3 is 62.2 Å². The fourth-order valence-electron chi connectivity index (χ4n) is 7.99. The normalized spacial score (nSPS) is 32.5. The van der Waals surface area contributed by atoms with Gasteiger partial charge in [0.05, 0.1) is 31.5 Å². The van der Waals surface area contributed by atoms with Gasteiger partial charge in [0.2, 0.25) is 0 Å². The summed E-state index contributed by atoms with van der Waals surface area (Å²) in [5.41, 5.74) is 0.